The maximum atomic E-state index is 13.4. The minimum atomic E-state index is -1.05. The molecule has 2 atom stereocenters. The Kier molecular flexibility index (Phi) is 8.99. The Hall–Kier alpha value is -3.42. The zero-order valence-electron chi connectivity index (χ0n) is 17.6. The summed E-state index contributed by atoms with van der Waals surface area (Å²) in [6, 6.07) is 12.9. The zero-order chi connectivity index (χ0) is 22.8. The normalized spacial score (nSPS) is 12.6. The number of alkyl carbamates (subject to hydrolysis) is 1. The van der Waals surface area contributed by atoms with E-state index in [1.54, 1.807) is 6.07 Å². The van der Waals surface area contributed by atoms with Gasteiger partial charge in [0.15, 0.2) is 0 Å². The second-order valence-corrected chi connectivity index (χ2v) is 7.69. The molecule has 0 heterocycles. The predicted octanol–water partition coefficient (Wildman–Crippen LogP) is 2.68. The summed E-state index contributed by atoms with van der Waals surface area (Å²) in [6.45, 7) is 3.86. The third-order valence-corrected chi connectivity index (χ3v) is 4.52. The first-order valence-corrected chi connectivity index (χ1v) is 10.1. The van der Waals surface area contributed by atoms with Crippen molar-refractivity contribution in [3.8, 4) is 0 Å². The minimum absolute atomic E-state index is 0.0334. The molecular formula is C23H28FN3O4. The van der Waals surface area contributed by atoms with Gasteiger partial charge in [-0.05, 0) is 35.6 Å². The van der Waals surface area contributed by atoms with Crippen LogP contribution in [0, 0.1) is 11.7 Å². The number of carbonyl (C=O) groups is 3. The van der Waals surface area contributed by atoms with Crippen LogP contribution in [0.5, 0.6) is 0 Å². The number of primary amides is 1. The Morgan fingerprint density at radius 2 is 1.65 bits per heavy atom. The molecule has 2 aromatic rings. The average Bonchev–Trinajstić information content (AvgIpc) is 2.71. The molecule has 0 radical (unpaired) electrons. The maximum Gasteiger partial charge on any atom is 0.408 e. The highest BCUT2D eigenvalue weighted by Crippen LogP contribution is 2.10. The van der Waals surface area contributed by atoms with E-state index in [4.69, 9.17) is 10.5 Å². The van der Waals surface area contributed by atoms with E-state index in [9.17, 15) is 18.8 Å². The SMILES string of the molecule is CC(C)C[C@H](NC(=O)OCc1ccccc1)C(=O)N[C@@H](Cc1cccc(F)c1)C(N)=O. The monoisotopic (exact) mass is 429 g/mol. The molecule has 0 aromatic heterocycles. The van der Waals surface area contributed by atoms with Gasteiger partial charge in [-0.15, -0.1) is 0 Å². The van der Waals surface area contributed by atoms with Crippen LogP contribution in [0.1, 0.15) is 31.4 Å². The summed E-state index contributed by atoms with van der Waals surface area (Å²) in [4.78, 5) is 36.9. The summed E-state index contributed by atoms with van der Waals surface area (Å²) in [6.07, 6.45) is -0.381. The zero-order valence-corrected chi connectivity index (χ0v) is 17.6. The molecule has 0 saturated carbocycles. The van der Waals surface area contributed by atoms with Crippen molar-refractivity contribution in [1.29, 1.82) is 0 Å². The van der Waals surface area contributed by atoms with E-state index in [0.29, 0.717) is 12.0 Å². The Bertz CT molecular complexity index is 889. The third-order valence-electron chi connectivity index (χ3n) is 4.52. The van der Waals surface area contributed by atoms with Crippen LogP contribution in [0.2, 0.25) is 0 Å². The second-order valence-electron chi connectivity index (χ2n) is 7.69. The molecule has 8 heteroatoms. The number of hydrogen-bond acceptors (Lipinski definition) is 4. The molecular weight excluding hydrogens is 401 g/mol. The van der Waals surface area contributed by atoms with Crippen LogP contribution in [-0.2, 0) is 27.4 Å². The molecule has 0 unspecified atom stereocenters. The Balaban J connectivity index is 2.00. The van der Waals surface area contributed by atoms with Crippen molar-refractivity contribution in [3.05, 3.63) is 71.5 Å². The number of nitrogens with two attached hydrogens (primary N) is 1. The summed E-state index contributed by atoms with van der Waals surface area (Å²) in [5.74, 6) is -1.69. The molecule has 0 aliphatic heterocycles. The van der Waals surface area contributed by atoms with Crippen molar-refractivity contribution in [2.24, 2.45) is 11.7 Å². The maximum absolute atomic E-state index is 13.4. The van der Waals surface area contributed by atoms with Gasteiger partial charge in [-0.1, -0.05) is 56.3 Å². The first kappa shape index (κ1) is 23.9. The van der Waals surface area contributed by atoms with Gasteiger partial charge < -0.3 is 21.1 Å². The van der Waals surface area contributed by atoms with Crippen molar-refractivity contribution >= 4 is 17.9 Å². The molecule has 4 N–H and O–H groups in total. The molecule has 0 aliphatic carbocycles. The van der Waals surface area contributed by atoms with Gasteiger partial charge >= 0.3 is 6.09 Å². The topological polar surface area (TPSA) is 111 Å². The van der Waals surface area contributed by atoms with Gasteiger partial charge in [0.05, 0.1) is 0 Å². The number of rotatable bonds is 10. The number of benzene rings is 2. The lowest BCUT2D eigenvalue weighted by Gasteiger charge is -2.23. The van der Waals surface area contributed by atoms with Gasteiger partial charge in [-0.2, -0.15) is 0 Å². The molecule has 2 aromatic carbocycles. The standard InChI is InChI=1S/C23H28FN3O4/c1-15(2)11-20(27-23(30)31-14-16-7-4-3-5-8-16)22(29)26-19(21(25)28)13-17-9-6-10-18(24)12-17/h3-10,12,15,19-20H,11,13-14H2,1-2H3,(H2,25,28)(H,26,29)(H,27,30)/t19-,20-/m0/s1. The number of ether oxygens (including phenoxy) is 1. The highest BCUT2D eigenvalue weighted by atomic mass is 19.1. The van der Waals surface area contributed by atoms with E-state index in [-0.39, 0.29) is 18.9 Å². The summed E-state index contributed by atoms with van der Waals surface area (Å²) in [5.41, 5.74) is 6.75. The van der Waals surface area contributed by atoms with Crippen LogP contribution in [0.25, 0.3) is 0 Å². The van der Waals surface area contributed by atoms with Crippen molar-refractivity contribution in [2.45, 2.75) is 45.4 Å². The molecule has 0 saturated heterocycles. The smallest absolute Gasteiger partial charge is 0.408 e. The summed E-state index contributed by atoms with van der Waals surface area (Å²) >= 11 is 0. The van der Waals surface area contributed by atoms with Crippen molar-refractivity contribution in [3.63, 3.8) is 0 Å². The fraction of sp³-hybridized carbons (Fsp3) is 0.348. The van der Waals surface area contributed by atoms with E-state index in [1.165, 1.54) is 18.2 Å². The first-order chi connectivity index (χ1) is 14.7. The predicted molar refractivity (Wildman–Crippen MR) is 114 cm³/mol. The van der Waals surface area contributed by atoms with Crippen LogP contribution >= 0.6 is 0 Å². The molecule has 2 rings (SSSR count). The lowest BCUT2D eigenvalue weighted by Crippen LogP contribution is -2.54. The van der Waals surface area contributed by atoms with Gasteiger partial charge in [-0.25, -0.2) is 9.18 Å². The van der Waals surface area contributed by atoms with Gasteiger partial charge in [-0.3, -0.25) is 9.59 Å². The van der Waals surface area contributed by atoms with Crippen molar-refractivity contribution in [2.75, 3.05) is 0 Å². The highest BCUT2D eigenvalue weighted by molar-refractivity contribution is 5.90. The van der Waals surface area contributed by atoms with Crippen LogP contribution in [0.3, 0.4) is 0 Å². The van der Waals surface area contributed by atoms with E-state index in [0.717, 1.165) is 5.56 Å². The summed E-state index contributed by atoms with van der Waals surface area (Å²) < 4.78 is 18.6. The van der Waals surface area contributed by atoms with Crippen LogP contribution in [-0.4, -0.2) is 30.0 Å². The van der Waals surface area contributed by atoms with E-state index >= 15 is 0 Å². The Morgan fingerprint density at radius 3 is 2.26 bits per heavy atom. The molecule has 0 bridgehead atoms. The minimum Gasteiger partial charge on any atom is -0.445 e. The van der Waals surface area contributed by atoms with Crippen LogP contribution < -0.4 is 16.4 Å². The highest BCUT2D eigenvalue weighted by Gasteiger charge is 2.27. The molecule has 0 fully saturated rings. The van der Waals surface area contributed by atoms with Gasteiger partial charge in [0.25, 0.3) is 0 Å². The fourth-order valence-electron chi connectivity index (χ4n) is 3.00. The van der Waals surface area contributed by atoms with E-state index in [2.05, 4.69) is 10.6 Å². The van der Waals surface area contributed by atoms with E-state index in [1.807, 2.05) is 44.2 Å². The van der Waals surface area contributed by atoms with Crippen LogP contribution in [0.4, 0.5) is 9.18 Å². The largest absolute Gasteiger partial charge is 0.445 e. The van der Waals surface area contributed by atoms with Gasteiger partial charge in [0, 0.05) is 6.42 Å². The first-order valence-electron chi connectivity index (χ1n) is 10.1. The molecule has 31 heavy (non-hydrogen) atoms. The summed E-state index contributed by atoms with van der Waals surface area (Å²) in [5, 5.41) is 5.11. The lowest BCUT2D eigenvalue weighted by molar-refractivity contribution is -0.128. The quantitative estimate of drug-likeness (QED) is 0.539. The molecule has 7 nitrogen and oxygen atoms in total. The van der Waals surface area contributed by atoms with Gasteiger partial charge in [0.1, 0.15) is 24.5 Å². The second kappa shape index (κ2) is 11.7. The molecule has 3 amide bonds. The van der Waals surface area contributed by atoms with Crippen molar-refractivity contribution in [1.82, 2.24) is 10.6 Å². The number of carbonyl (C=O) groups excluding carboxylic acids is 3. The Labute approximate surface area is 181 Å². The summed E-state index contributed by atoms with van der Waals surface area (Å²) in [7, 11) is 0. The molecule has 0 spiro atoms. The molecule has 0 aliphatic rings. The number of halogens is 1. The van der Waals surface area contributed by atoms with Gasteiger partial charge in [0.2, 0.25) is 11.8 Å². The van der Waals surface area contributed by atoms with E-state index < -0.39 is 35.8 Å². The average molecular weight is 429 g/mol. The number of hydrogen-bond donors (Lipinski definition) is 3. The molecule has 166 valence electrons. The lowest BCUT2D eigenvalue weighted by atomic mass is 10.0. The fourth-order valence-corrected chi connectivity index (χ4v) is 3.00. The van der Waals surface area contributed by atoms with Crippen LogP contribution in [0.15, 0.2) is 54.6 Å². The van der Waals surface area contributed by atoms with Crippen molar-refractivity contribution < 1.29 is 23.5 Å². The number of nitrogens with one attached hydrogen (secondary N) is 2. The third kappa shape index (κ3) is 8.46. The Morgan fingerprint density at radius 1 is 0.968 bits per heavy atom. The number of amides is 3.